The molecule has 26 heavy (non-hydrogen) atoms. The van der Waals surface area contributed by atoms with Crippen LogP contribution < -0.4 is 14.2 Å². The van der Waals surface area contributed by atoms with Gasteiger partial charge in [-0.3, -0.25) is 4.79 Å². The molecule has 1 aromatic heterocycles. The summed E-state index contributed by atoms with van der Waals surface area (Å²) in [6.07, 6.45) is 3.10. The second-order valence-corrected chi connectivity index (χ2v) is 6.36. The molecule has 0 bridgehead atoms. The van der Waals surface area contributed by atoms with Gasteiger partial charge in [0.15, 0.2) is 17.3 Å². The first-order valence-corrected chi connectivity index (χ1v) is 8.56. The molecule has 3 rings (SSSR count). The van der Waals surface area contributed by atoms with Crippen LogP contribution in [0.25, 0.3) is 17.0 Å². The Kier molecular flexibility index (Phi) is 5.32. The zero-order chi connectivity index (χ0) is 18.7. The number of halogens is 1. The van der Waals surface area contributed by atoms with E-state index in [1.165, 1.54) is 6.08 Å². The van der Waals surface area contributed by atoms with Gasteiger partial charge < -0.3 is 18.6 Å². The van der Waals surface area contributed by atoms with Crippen molar-refractivity contribution in [2.75, 3.05) is 21.3 Å². The smallest absolute Gasteiger partial charge is 0.221 e. The molecular formula is C20H17BrO5. The van der Waals surface area contributed by atoms with E-state index in [0.29, 0.717) is 28.4 Å². The third kappa shape index (κ3) is 3.60. The summed E-state index contributed by atoms with van der Waals surface area (Å²) >= 11 is 3.40. The molecule has 2 aromatic carbocycles. The normalized spacial score (nSPS) is 11.1. The number of benzene rings is 2. The fourth-order valence-corrected chi connectivity index (χ4v) is 2.95. The summed E-state index contributed by atoms with van der Waals surface area (Å²) in [6.45, 7) is 0. The average molecular weight is 417 g/mol. The van der Waals surface area contributed by atoms with Gasteiger partial charge in [0.25, 0.3) is 0 Å². The van der Waals surface area contributed by atoms with E-state index in [2.05, 4.69) is 15.9 Å². The van der Waals surface area contributed by atoms with E-state index in [1.807, 2.05) is 18.2 Å². The van der Waals surface area contributed by atoms with Gasteiger partial charge in [-0.15, -0.1) is 0 Å². The van der Waals surface area contributed by atoms with Crippen LogP contribution in [0.15, 0.2) is 51.4 Å². The number of carbonyl (C=O) groups is 1. The van der Waals surface area contributed by atoms with Crippen molar-refractivity contribution in [1.29, 1.82) is 0 Å². The van der Waals surface area contributed by atoms with Gasteiger partial charge in [-0.05, 0) is 42.5 Å². The molecule has 0 aliphatic carbocycles. The second-order valence-electron chi connectivity index (χ2n) is 5.44. The fraction of sp³-hybridized carbons (Fsp3) is 0.150. The van der Waals surface area contributed by atoms with E-state index in [9.17, 15) is 4.79 Å². The zero-order valence-electron chi connectivity index (χ0n) is 14.5. The quantitative estimate of drug-likeness (QED) is 0.412. The van der Waals surface area contributed by atoms with Gasteiger partial charge in [0.2, 0.25) is 5.78 Å². The number of fused-ring (bicyclic) bond motifs is 1. The van der Waals surface area contributed by atoms with Crippen molar-refractivity contribution in [2.24, 2.45) is 0 Å². The van der Waals surface area contributed by atoms with Crippen molar-refractivity contribution in [3.05, 3.63) is 58.3 Å². The van der Waals surface area contributed by atoms with Crippen LogP contribution >= 0.6 is 15.9 Å². The average Bonchev–Trinajstić information content (AvgIpc) is 3.08. The highest BCUT2D eigenvalue weighted by atomic mass is 79.9. The molecule has 5 nitrogen and oxygen atoms in total. The molecule has 3 aromatic rings. The summed E-state index contributed by atoms with van der Waals surface area (Å²) in [4.78, 5) is 12.5. The number of carbonyl (C=O) groups excluding carboxylic acids is 1. The highest BCUT2D eigenvalue weighted by Gasteiger charge is 2.12. The maximum absolute atomic E-state index is 12.5. The van der Waals surface area contributed by atoms with E-state index in [1.54, 1.807) is 45.6 Å². The molecule has 0 unspecified atom stereocenters. The number of furan rings is 1. The molecule has 134 valence electrons. The van der Waals surface area contributed by atoms with Crippen LogP contribution in [-0.4, -0.2) is 27.1 Å². The number of allylic oxidation sites excluding steroid dienone is 1. The zero-order valence-corrected chi connectivity index (χ0v) is 16.1. The number of hydrogen-bond donors (Lipinski definition) is 0. The van der Waals surface area contributed by atoms with Crippen LogP contribution in [-0.2, 0) is 0 Å². The number of methoxy groups -OCH3 is 3. The van der Waals surface area contributed by atoms with Gasteiger partial charge in [0.05, 0.1) is 21.3 Å². The molecule has 1 heterocycles. The molecule has 0 saturated carbocycles. The summed E-state index contributed by atoms with van der Waals surface area (Å²) in [5, 5.41) is 0.861. The molecule has 0 atom stereocenters. The predicted molar refractivity (Wildman–Crippen MR) is 103 cm³/mol. The Hall–Kier alpha value is -2.73. The Labute approximate surface area is 159 Å². The lowest BCUT2D eigenvalue weighted by Gasteiger charge is -2.11. The molecule has 0 saturated heterocycles. The van der Waals surface area contributed by atoms with E-state index in [4.69, 9.17) is 18.6 Å². The Morgan fingerprint density at radius 1 is 0.962 bits per heavy atom. The maximum Gasteiger partial charge on any atom is 0.221 e. The largest absolute Gasteiger partial charge is 0.496 e. The van der Waals surface area contributed by atoms with Crippen LogP contribution in [0.3, 0.4) is 0 Å². The number of ether oxygens (including phenoxy) is 3. The topological polar surface area (TPSA) is 57.9 Å². The van der Waals surface area contributed by atoms with Gasteiger partial charge in [-0.2, -0.15) is 0 Å². The first-order valence-electron chi connectivity index (χ1n) is 7.77. The Bertz CT molecular complexity index is 987. The van der Waals surface area contributed by atoms with Crippen LogP contribution in [0.5, 0.6) is 17.2 Å². The first kappa shape index (κ1) is 18.1. The van der Waals surface area contributed by atoms with Crippen molar-refractivity contribution < 1.29 is 23.4 Å². The van der Waals surface area contributed by atoms with Crippen molar-refractivity contribution in [2.45, 2.75) is 0 Å². The minimum absolute atomic E-state index is 0.242. The summed E-state index contributed by atoms with van der Waals surface area (Å²) in [5.74, 6) is 1.70. The lowest BCUT2D eigenvalue weighted by Crippen LogP contribution is -1.95. The predicted octanol–water partition coefficient (Wildman–Crippen LogP) is 5.12. The Morgan fingerprint density at radius 2 is 1.65 bits per heavy atom. The monoisotopic (exact) mass is 416 g/mol. The van der Waals surface area contributed by atoms with Crippen LogP contribution in [0.1, 0.15) is 16.1 Å². The lowest BCUT2D eigenvalue weighted by molar-refractivity contribution is 0.102. The summed E-state index contributed by atoms with van der Waals surface area (Å²) < 4.78 is 22.5. The summed E-state index contributed by atoms with van der Waals surface area (Å²) in [5.41, 5.74) is 1.35. The standard InChI is InChI=1S/C20H17BrO5/c1-23-17-11-20(25-3)19(24-2)9-12(17)4-6-15(22)18-10-13-8-14(21)5-7-16(13)26-18/h4-11H,1-3H3. The Morgan fingerprint density at radius 3 is 2.35 bits per heavy atom. The van der Waals surface area contributed by atoms with Crippen molar-refractivity contribution in [1.82, 2.24) is 0 Å². The highest BCUT2D eigenvalue weighted by Crippen LogP contribution is 2.35. The van der Waals surface area contributed by atoms with Crippen molar-refractivity contribution in [3.63, 3.8) is 0 Å². The van der Waals surface area contributed by atoms with Gasteiger partial charge in [0, 0.05) is 21.5 Å². The number of rotatable bonds is 6. The maximum atomic E-state index is 12.5. The van der Waals surface area contributed by atoms with E-state index >= 15 is 0 Å². The highest BCUT2D eigenvalue weighted by molar-refractivity contribution is 9.10. The van der Waals surface area contributed by atoms with E-state index in [0.717, 1.165) is 9.86 Å². The molecule has 0 spiro atoms. The van der Waals surface area contributed by atoms with Crippen molar-refractivity contribution in [3.8, 4) is 17.2 Å². The first-order chi connectivity index (χ1) is 12.5. The molecule has 0 aliphatic heterocycles. The van der Waals surface area contributed by atoms with Crippen molar-refractivity contribution >= 4 is 38.8 Å². The van der Waals surface area contributed by atoms with Gasteiger partial charge in [-0.25, -0.2) is 0 Å². The van der Waals surface area contributed by atoms with E-state index < -0.39 is 0 Å². The molecule has 0 aliphatic rings. The van der Waals surface area contributed by atoms with Gasteiger partial charge in [-0.1, -0.05) is 15.9 Å². The molecule has 0 fully saturated rings. The SMILES string of the molecule is COc1cc(OC)c(OC)cc1C=CC(=O)c1cc2cc(Br)ccc2o1. The third-order valence-corrected chi connectivity index (χ3v) is 4.36. The third-order valence-electron chi connectivity index (χ3n) is 3.87. The van der Waals surface area contributed by atoms with Gasteiger partial charge in [0.1, 0.15) is 11.3 Å². The van der Waals surface area contributed by atoms with Gasteiger partial charge >= 0.3 is 0 Å². The number of hydrogen-bond acceptors (Lipinski definition) is 5. The van der Waals surface area contributed by atoms with Crippen LogP contribution in [0.2, 0.25) is 0 Å². The molecule has 0 amide bonds. The summed E-state index contributed by atoms with van der Waals surface area (Å²) in [6, 6.07) is 10.8. The molecule has 0 radical (unpaired) electrons. The van der Waals surface area contributed by atoms with Crippen LogP contribution in [0.4, 0.5) is 0 Å². The number of ketones is 1. The second kappa shape index (κ2) is 7.66. The fourth-order valence-electron chi connectivity index (χ4n) is 2.57. The molecule has 6 heteroatoms. The lowest BCUT2D eigenvalue weighted by atomic mass is 10.1. The minimum atomic E-state index is -0.242. The minimum Gasteiger partial charge on any atom is -0.496 e. The van der Waals surface area contributed by atoms with E-state index in [-0.39, 0.29) is 11.5 Å². The van der Waals surface area contributed by atoms with Crippen LogP contribution in [0, 0.1) is 0 Å². The summed E-state index contributed by atoms with van der Waals surface area (Å²) in [7, 11) is 4.66. The molecular weight excluding hydrogens is 400 g/mol. The molecule has 0 N–H and O–H groups in total. The Balaban J connectivity index is 1.91.